The number of carbonyl (C=O) groups is 2. The van der Waals surface area contributed by atoms with Crippen LogP contribution in [-0.4, -0.2) is 66.2 Å². The lowest BCUT2D eigenvalue weighted by atomic mass is 10.0. The van der Waals surface area contributed by atoms with E-state index in [4.69, 9.17) is 14.3 Å². The van der Waals surface area contributed by atoms with Gasteiger partial charge in [0, 0.05) is 32.1 Å². The van der Waals surface area contributed by atoms with Crippen LogP contribution >= 0.6 is 0 Å². The van der Waals surface area contributed by atoms with E-state index < -0.39 is 18.7 Å². The number of nitrogens with zero attached hydrogens (tertiary/aromatic N) is 2. The molecule has 2 aromatic carbocycles. The maximum atomic E-state index is 13.8. The molecule has 0 saturated carbocycles. The molecule has 7 nitrogen and oxygen atoms in total. The number of carboxylic acids is 1. The van der Waals surface area contributed by atoms with Crippen LogP contribution in [-0.2, 0) is 16.0 Å². The Hall–Kier alpha value is -3.39. The number of carboxylic acid groups (broad SMARTS) is 1. The van der Waals surface area contributed by atoms with Crippen molar-refractivity contribution in [1.29, 1.82) is 0 Å². The molecule has 1 saturated heterocycles. The SMILES string of the molecule is CN(C(=O)Cc1cccc2occc12)[C@H](CN1CC[C@@H](F)C1)c1cccc(OCC(=O)O)c1. The predicted molar refractivity (Wildman–Crippen MR) is 121 cm³/mol. The first kappa shape index (κ1) is 22.8. The number of benzene rings is 2. The van der Waals surface area contributed by atoms with Gasteiger partial charge in [0.1, 0.15) is 17.5 Å². The van der Waals surface area contributed by atoms with Crippen molar-refractivity contribution in [3.8, 4) is 5.75 Å². The van der Waals surface area contributed by atoms with E-state index in [9.17, 15) is 14.0 Å². The van der Waals surface area contributed by atoms with Gasteiger partial charge in [-0.2, -0.15) is 0 Å². The fourth-order valence-corrected chi connectivity index (χ4v) is 4.28. The quantitative estimate of drug-likeness (QED) is 0.531. The van der Waals surface area contributed by atoms with Crippen LogP contribution in [0, 0.1) is 0 Å². The van der Waals surface area contributed by atoms with Crippen molar-refractivity contribution in [2.75, 3.05) is 33.3 Å². The molecule has 4 rings (SSSR count). The van der Waals surface area contributed by atoms with Gasteiger partial charge in [-0.15, -0.1) is 0 Å². The Bertz CT molecular complexity index is 1130. The molecule has 8 heteroatoms. The lowest BCUT2D eigenvalue weighted by Crippen LogP contribution is -2.39. The molecular weight excluding hydrogens is 427 g/mol. The van der Waals surface area contributed by atoms with E-state index in [-0.39, 0.29) is 18.4 Å². The molecule has 0 bridgehead atoms. The number of halogens is 1. The fraction of sp³-hybridized carbons (Fsp3) is 0.360. The second-order valence-corrected chi connectivity index (χ2v) is 8.35. The molecule has 1 aromatic heterocycles. The number of hydrogen-bond acceptors (Lipinski definition) is 5. The van der Waals surface area contributed by atoms with Crippen LogP contribution in [0.15, 0.2) is 59.2 Å². The lowest BCUT2D eigenvalue weighted by molar-refractivity contribution is -0.139. The Kier molecular flexibility index (Phi) is 6.93. The van der Waals surface area contributed by atoms with E-state index in [1.807, 2.05) is 35.2 Å². The minimum Gasteiger partial charge on any atom is -0.482 e. The van der Waals surface area contributed by atoms with Crippen molar-refractivity contribution in [1.82, 2.24) is 9.80 Å². The highest BCUT2D eigenvalue weighted by Gasteiger charge is 2.29. The molecule has 0 aliphatic carbocycles. The Balaban J connectivity index is 1.57. The molecule has 3 aromatic rings. The topological polar surface area (TPSA) is 83.2 Å². The third-order valence-corrected chi connectivity index (χ3v) is 6.04. The lowest BCUT2D eigenvalue weighted by Gasteiger charge is -2.32. The van der Waals surface area contributed by atoms with Gasteiger partial charge >= 0.3 is 5.97 Å². The highest BCUT2D eigenvalue weighted by molar-refractivity contribution is 5.87. The average molecular weight is 454 g/mol. The number of furan rings is 1. The van der Waals surface area contributed by atoms with Crippen molar-refractivity contribution in [3.05, 3.63) is 65.9 Å². The predicted octanol–water partition coefficient (Wildman–Crippen LogP) is 3.68. The molecular formula is C25H27FN2O5. The van der Waals surface area contributed by atoms with Crippen molar-refractivity contribution >= 4 is 22.8 Å². The number of alkyl halides is 1. The highest BCUT2D eigenvalue weighted by Crippen LogP contribution is 2.28. The van der Waals surface area contributed by atoms with Crippen LogP contribution in [0.4, 0.5) is 4.39 Å². The Morgan fingerprint density at radius 2 is 2.09 bits per heavy atom. The van der Waals surface area contributed by atoms with Crippen LogP contribution in [0.3, 0.4) is 0 Å². The van der Waals surface area contributed by atoms with Gasteiger partial charge in [0.15, 0.2) is 6.61 Å². The summed E-state index contributed by atoms with van der Waals surface area (Å²) in [4.78, 5) is 27.9. The maximum absolute atomic E-state index is 13.8. The van der Waals surface area contributed by atoms with Crippen LogP contribution < -0.4 is 4.74 Å². The van der Waals surface area contributed by atoms with Gasteiger partial charge in [-0.1, -0.05) is 24.3 Å². The van der Waals surface area contributed by atoms with E-state index in [0.29, 0.717) is 31.8 Å². The summed E-state index contributed by atoms with van der Waals surface area (Å²) in [6, 6.07) is 14.2. The van der Waals surface area contributed by atoms with Gasteiger partial charge in [0.25, 0.3) is 0 Å². The zero-order valence-electron chi connectivity index (χ0n) is 18.4. The second-order valence-electron chi connectivity index (χ2n) is 8.35. The second kappa shape index (κ2) is 10.0. The van der Waals surface area contributed by atoms with Crippen molar-refractivity contribution < 1.29 is 28.2 Å². The van der Waals surface area contributed by atoms with Gasteiger partial charge in [-0.25, -0.2) is 9.18 Å². The molecule has 0 radical (unpaired) electrons. The Morgan fingerprint density at radius 3 is 2.85 bits per heavy atom. The van der Waals surface area contributed by atoms with Gasteiger partial charge in [0.2, 0.25) is 5.91 Å². The Labute approximate surface area is 191 Å². The van der Waals surface area contributed by atoms with Gasteiger partial charge in [-0.3, -0.25) is 9.69 Å². The number of ether oxygens (including phenoxy) is 1. The number of hydrogen-bond donors (Lipinski definition) is 1. The van der Waals surface area contributed by atoms with Crippen molar-refractivity contribution in [2.45, 2.75) is 25.1 Å². The van der Waals surface area contributed by atoms with Crippen LogP contribution in [0.5, 0.6) is 5.75 Å². The average Bonchev–Trinajstić information content (AvgIpc) is 3.45. The smallest absolute Gasteiger partial charge is 0.341 e. The summed E-state index contributed by atoms with van der Waals surface area (Å²) in [5.41, 5.74) is 2.41. The summed E-state index contributed by atoms with van der Waals surface area (Å²) in [5, 5.41) is 9.80. The molecule has 0 unspecified atom stereocenters. The van der Waals surface area contributed by atoms with Crippen molar-refractivity contribution in [3.63, 3.8) is 0 Å². The largest absolute Gasteiger partial charge is 0.482 e. The van der Waals surface area contributed by atoms with Crippen LogP contribution in [0.2, 0.25) is 0 Å². The summed E-state index contributed by atoms with van der Waals surface area (Å²) >= 11 is 0. The summed E-state index contributed by atoms with van der Waals surface area (Å²) in [5.74, 6) is -0.737. The van der Waals surface area contributed by atoms with E-state index in [1.54, 1.807) is 36.4 Å². The maximum Gasteiger partial charge on any atom is 0.341 e. The molecule has 33 heavy (non-hydrogen) atoms. The fourth-order valence-electron chi connectivity index (χ4n) is 4.28. The number of likely N-dealkylation sites (tertiary alicyclic amines) is 1. The molecule has 1 amide bonds. The van der Waals surface area contributed by atoms with E-state index in [1.165, 1.54) is 0 Å². The number of aliphatic carboxylic acids is 1. The Morgan fingerprint density at radius 1 is 1.27 bits per heavy atom. The molecule has 1 fully saturated rings. The third-order valence-electron chi connectivity index (χ3n) is 6.04. The summed E-state index contributed by atoms with van der Waals surface area (Å²) < 4.78 is 24.6. The molecule has 2 atom stereocenters. The van der Waals surface area contributed by atoms with Crippen LogP contribution in [0.25, 0.3) is 11.0 Å². The number of amides is 1. The van der Waals surface area contributed by atoms with Gasteiger partial charge in [-0.05, 0) is 41.8 Å². The van der Waals surface area contributed by atoms with Gasteiger partial charge < -0.3 is 19.2 Å². The zero-order chi connectivity index (χ0) is 23.4. The molecule has 174 valence electrons. The molecule has 1 aliphatic heterocycles. The van der Waals surface area contributed by atoms with E-state index in [0.717, 1.165) is 22.1 Å². The first-order chi connectivity index (χ1) is 15.9. The number of likely N-dealkylation sites (N-methyl/N-ethyl adjacent to an activating group) is 1. The van der Waals surface area contributed by atoms with Crippen molar-refractivity contribution in [2.24, 2.45) is 0 Å². The summed E-state index contributed by atoms with van der Waals surface area (Å²) in [6.07, 6.45) is 1.42. The number of fused-ring (bicyclic) bond motifs is 1. The minimum atomic E-state index is -1.07. The molecule has 1 N–H and O–H groups in total. The third kappa shape index (κ3) is 5.51. The molecule has 2 heterocycles. The standard InChI is InChI=1S/C25H27FN2O5/c1-27(24(29)13-17-4-3-7-23-21(17)9-11-32-23)22(15-28-10-8-19(26)14-28)18-5-2-6-20(12-18)33-16-25(30)31/h2-7,9,11-12,19,22H,8,10,13-16H2,1H3,(H,30,31)/t19-,22-/m1/s1. The minimum absolute atomic E-state index is 0.0819. The normalized spacial score (nSPS) is 17.2. The van der Waals surface area contributed by atoms with Crippen LogP contribution in [0.1, 0.15) is 23.6 Å². The summed E-state index contributed by atoms with van der Waals surface area (Å²) in [7, 11) is 1.75. The first-order valence-corrected chi connectivity index (χ1v) is 10.9. The zero-order valence-corrected chi connectivity index (χ0v) is 18.4. The summed E-state index contributed by atoms with van der Waals surface area (Å²) in [6.45, 7) is 0.986. The number of carbonyl (C=O) groups excluding carboxylic acids is 1. The highest BCUT2D eigenvalue weighted by atomic mass is 19.1. The molecule has 1 aliphatic rings. The molecule has 0 spiro atoms. The number of rotatable bonds is 9. The van der Waals surface area contributed by atoms with Gasteiger partial charge in [0.05, 0.1) is 18.7 Å². The van der Waals surface area contributed by atoms with E-state index in [2.05, 4.69) is 0 Å². The first-order valence-electron chi connectivity index (χ1n) is 10.9. The monoisotopic (exact) mass is 454 g/mol. The van der Waals surface area contributed by atoms with E-state index >= 15 is 0 Å².